The second-order valence-corrected chi connectivity index (χ2v) is 16.9. The van der Waals surface area contributed by atoms with Crippen LogP contribution in [0.5, 0.6) is 0 Å². The van der Waals surface area contributed by atoms with E-state index in [0.717, 1.165) is 64.2 Å². The van der Waals surface area contributed by atoms with Crippen LogP contribution in [0.2, 0.25) is 0 Å². The first-order valence-electron chi connectivity index (χ1n) is 25.8. The molecule has 0 heterocycles. The number of unbranched alkanes of at least 4 members (excludes halogenated alkanes) is 23. The van der Waals surface area contributed by atoms with Gasteiger partial charge in [0.1, 0.15) is 6.10 Å². The van der Waals surface area contributed by atoms with Gasteiger partial charge in [0.2, 0.25) is 0 Å². The number of hydrogen-bond donors (Lipinski definition) is 1. The maximum atomic E-state index is 12.3. The third-order valence-electron chi connectivity index (χ3n) is 10.9. The molecule has 61 heavy (non-hydrogen) atoms. The molecule has 0 saturated heterocycles. The van der Waals surface area contributed by atoms with Gasteiger partial charge in [0, 0.05) is 13.0 Å². The molecule has 0 amide bonds. The predicted octanol–water partition coefficient (Wildman–Crippen LogP) is 17.7. The van der Waals surface area contributed by atoms with E-state index in [1.807, 2.05) is 0 Å². The highest BCUT2D eigenvalue weighted by molar-refractivity contribution is 5.69. The Kier molecular flexibility index (Phi) is 51.1. The lowest BCUT2D eigenvalue weighted by Crippen LogP contribution is -2.27. The van der Waals surface area contributed by atoms with E-state index in [1.165, 1.54) is 148 Å². The van der Waals surface area contributed by atoms with Crippen LogP contribution in [0.4, 0.5) is 0 Å². The molecule has 4 heteroatoms. The highest BCUT2D eigenvalue weighted by Gasteiger charge is 2.13. The quantitative estimate of drug-likeness (QED) is 0.0377. The molecule has 4 nitrogen and oxygen atoms in total. The number of rotatable bonds is 47. The first-order chi connectivity index (χ1) is 30.2. The van der Waals surface area contributed by atoms with Crippen LogP contribution in [0.25, 0.3) is 0 Å². The molecule has 0 aromatic heterocycles. The Morgan fingerprint density at radius 2 is 0.738 bits per heavy atom. The minimum atomic E-state index is -0.548. The van der Waals surface area contributed by atoms with Gasteiger partial charge in [0.25, 0.3) is 0 Å². The maximum Gasteiger partial charge on any atom is 0.306 e. The minimum Gasteiger partial charge on any atom is -0.457 e. The van der Waals surface area contributed by atoms with Crippen molar-refractivity contribution in [1.82, 2.24) is 0 Å². The van der Waals surface area contributed by atoms with Crippen LogP contribution in [-0.4, -0.2) is 37.0 Å². The predicted molar refractivity (Wildman–Crippen MR) is 269 cm³/mol. The summed E-state index contributed by atoms with van der Waals surface area (Å²) in [5.74, 6) is -0.211. The fraction of sp³-hybridized carbons (Fsp3) is 0.702. The Morgan fingerprint density at radius 1 is 0.410 bits per heavy atom. The van der Waals surface area contributed by atoms with Crippen LogP contribution < -0.4 is 0 Å². The largest absolute Gasteiger partial charge is 0.457 e. The number of aliphatic hydroxyl groups is 1. The first-order valence-corrected chi connectivity index (χ1v) is 25.8. The van der Waals surface area contributed by atoms with Gasteiger partial charge in [-0.25, -0.2) is 0 Å². The van der Waals surface area contributed by atoms with Gasteiger partial charge in [0.05, 0.1) is 13.2 Å². The van der Waals surface area contributed by atoms with Gasteiger partial charge in [-0.2, -0.15) is 0 Å². The molecular formula is C57H98O4. The number of carbonyl (C=O) groups is 1. The average molecular weight is 847 g/mol. The molecule has 0 fully saturated rings. The number of allylic oxidation sites excluding steroid dienone is 16. The summed E-state index contributed by atoms with van der Waals surface area (Å²) in [6.07, 6.45) is 76.4. The first kappa shape index (κ1) is 58.3. The molecule has 0 bridgehead atoms. The van der Waals surface area contributed by atoms with E-state index < -0.39 is 6.10 Å². The summed E-state index contributed by atoms with van der Waals surface area (Å²) in [6, 6.07) is 0. The number of ether oxygens (including phenoxy) is 2. The zero-order valence-corrected chi connectivity index (χ0v) is 40.1. The van der Waals surface area contributed by atoms with Crippen LogP contribution in [0, 0.1) is 0 Å². The second kappa shape index (κ2) is 53.4. The minimum absolute atomic E-state index is 0.181. The van der Waals surface area contributed by atoms with Gasteiger partial charge >= 0.3 is 5.97 Å². The van der Waals surface area contributed by atoms with E-state index in [9.17, 15) is 9.90 Å². The molecule has 0 rings (SSSR count). The number of aliphatic hydroxyl groups excluding tert-OH is 1. The van der Waals surface area contributed by atoms with Crippen molar-refractivity contribution in [2.24, 2.45) is 0 Å². The van der Waals surface area contributed by atoms with Crippen LogP contribution >= 0.6 is 0 Å². The number of esters is 1. The molecule has 1 unspecified atom stereocenters. The SMILES string of the molecule is CC/C=C\C/C=C\C/C=C\C/C=C\C/C=C\CCCCCCCCCCCCOCC(CO)OC(=O)CCCCCCCCCC/C=C\C/C=C\C/C=C\CCCCCCC. The van der Waals surface area contributed by atoms with Gasteiger partial charge in [0.15, 0.2) is 0 Å². The second-order valence-electron chi connectivity index (χ2n) is 16.9. The molecule has 0 radical (unpaired) electrons. The number of hydrogen-bond acceptors (Lipinski definition) is 4. The van der Waals surface area contributed by atoms with Crippen molar-refractivity contribution in [1.29, 1.82) is 0 Å². The Balaban J connectivity index is 3.48. The average Bonchev–Trinajstić information content (AvgIpc) is 3.27. The molecule has 0 aliphatic carbocycles. The molecule has 0 spiro atoms. The van der Waals surface area contributed by atoms with Gasteiger partial charge in [-0.05, 0) is 96.3 Å². The monoisotopic (exact) mass is 847 g/mol. The van der Waals surface area contributed by atoms with E-state index in [2.05, 4.69) is 111 Å². The molecule has 0 saturated carbocycles. The molecule has 0 aliphatic rings. The summed E-state index contributed by atoms with van der Waals surface area (Å²) in [6.45, 7) is 5.21. The van der Waals surface area contributed by atoms with E-state index in [1.54, 1.807) is 0 Å². The van der Waals surface area contributed by atoms with Crippen molar-refractivity contribution in [3.63, 3.8) is 0 Å². The molecule has 0 aromatic rings. The lowest BCUT2D eigenvalue weighted by Gasteiger charge is -2.16. The highest BCUT2D eigenvalue weighted by atomic mass is 16.6. The van der Waals surface area contributed by atoms with E-state index >= 15 is 0 Å². The van der Waals surface area contributed by atoms with Crippen molar-refractivity contribution in [2.75, 3.05) is 19.8 Å². The molecule has 0 aliphatic heterocycles. The van der Waals surface area contributed by atoms with E-state index in [4.69, 9.17) is 9.47 Å². The molecule has 1 atom stereocenters. The molecule has 0 aromatic carbocycles. The molecule has 350 valence electrons. The summed E-state index contributed by atoms with van der Waals surface area (Å²) >= 11 is 0. The zero-order valence-electron chi connectivity index (χ0n) is 40.1. The van der Waals surface area contributed by atoms with E-state index in [-0.39, 0.29) is 19.2 Å². The van der Waals surface area contributed by atoms with Crippen molar-refractivity contribution >= 4 is 5.97 Å². The van der Waals surface area contributed by atoms with Crippen LogP contribution in [-0.2, 0) is 14.3 Å². The summed E-state index contributed by atoms with van der Waals surface area (Å²) in [5.41, 5.74) is 0. The lowest BCUT2D eigenvalue weighted by molar-refractivity contribution is -0.154. The smallest absolute Gasteiger partial charge is 0.306 e. The fourth-order valence-corrected chi connectivity index (χ4v) is 7.07. The van der Waals surface area contributed by atoms with Crippen LogP contribution in [0.3, 0.4) is 0 Å². The van der Waals surface area contributed by atoms with Crippen LogP contribution in [0.1, 0.15) is 232 Å². The normalized spacial score (nSPS) is 13.2. The van der Waals surface area contributed by atoms with Gasteiger partial charge in [-0.1, -0.05) is 227 Å². The zero-order chi connectivity index (χ0) is 44.0. The fourth-order valence-electron chi connectivity index (χ4n) is 7.07. The van der Waals surface area contributed by atoms with Gasteiger partial charge < -0.3 is 14.6 Å². The Bertz CT molecular complexity index is 1120. The third-order valence-corrected chi connectivity index (χ3v) is 10.9. The summed E-state index contributed by atoms with van der Waals surface area (Å²) in [5, 5.41) is 9.66. The van der Waals surface area contributed by atoms with Crippen LogP contribution in [0.15, 0.2) is 97.2 Å². The van der Waals surface area contributed by atoms with Crippen molar-refractivity contribution in [3.8, 4) is 0 Å². The summed E-state index contributed by atoms with van der Waals surface area (Å²) in [7, 11) is 0. The van der Waals surface area contributed by atoms with Crippen molar-refractivity contribution < 1.29 is 19.4 Å². The Labute approximate surface area is 379 Å². The van der Waals surface area contributed by atoms with E-state index in [0.29, 0.717) is 13.0 Å². The molecular weight excluding hydrogens is 749 g/mol. The lowest BCUT2D eigenvalue weighted by atomic mass is 10.1. The van der Waals surface area contributed by atoms with Gasteiger partial charge in [-0.3, -0.25) is 4.79 Å². The van der Waals surface area contributed by atoms with Crippen molar-refractivity contribution in [3.05, 3.63) is 97.2 Å². The summed E-state index contributed by atoms with van der Waals surface area (Å²) in [4.78, 5) is 12.3. The number of carbonyl (C=O) groups excluding carboxylic acids is 1. The highest BCUT2D eigenvalue weighted by Crippen LogP contribution is 2.14. The Hall–Kier alpha value is -2.69. The standard InChI is InChI=1S/C57H98O4/c1-3-5-7-9-11-13-15-17-19-21-23-25-27-28-29-31-33-35-37-39-41-43-45-47-49-51-53-60-55-56(54-58)61-57(59)52-50-48-46-44-42-40-38-36-34-32-30-26-24-22-20-18-16-14-12-10-8-6-4-2/h5,7,11,13,16-19,22-25,28-30,32,56,58H,3-4,6,8-10,12,14-15,20-21,26-27,31,33-55H2,1-2H3/b7-5-,13-11-,18-16-,19-17-,24-22-,25-23-,29-28-,32-30-. The third kappa shape index (κ3) is 51.6. The Morgan fingerprint density at radius 3 is 1.11 bits per heavy atom. The van der Waals surface area contributed by atoms with Gasteiger partial charge in [-0.15, -0.1) is 0 Å². The topological polar surface area (TPSA) is 55.8 Å². The van der Waals surface area contributed by atoms with Crippen molar-refractivity contribution in [2.45, 2.75) is 238 Å². The maximum absolute atomic E-state index is 12.3. The molecule has 1 N–H and O–H groups in total. The summed E-state index contributed by atoms with van der Waals surface area (Å²) < 4.78 is 11.2.